The summed E-state index contributed by atoms with van der Waals surface area (Å²) in [5, 5.41) is 0.385. The molecule has 2 aromatic carbocycles. The van der Waals surface area contributed by atoms with Crippen molar-refractivity contribution < 1.29 is 26.5 Å². The van der Waals surface area contributed by atoms with Crippen molar-refractivity contribution in [1.29, 1.82) is 0 Å². The first kappa shape index (κ1) is 18.5. The van der Waals surface area contributed by atoms with Crippen LogP contribution >= 0.6 is 0 Å². The smallest absolute Gasteiger partial charge is 0.383 e. The number of nitrogens with two attached hydrogens (primary N) is 1. The van der Waals surface area contributed by atoms with Crippen LogP contribution in [0.4, 0.5) is 29.1 Å². The lowest BCUT2D eigenvalue weighted by molar-refractivity contribution is -0.137. The van der Waals surface area contributed by atoms with Gasteiger partial charge in [0, 0.05) is 35.1 Å². The zero-order valence-corrected chi connectivity index (χ0v) is 17.5. The van der Waals surface area contributed by atoms with E-state index in [1.54, 1.807) is 18.2 Å². The standard InChI is InChI=1S/C24H19F4N5O/c1-32-11-18(21-22(29)30-12-31-23(21)32)14-2-3-19-15(9-14)4-5-33(19)20(34)8-13-6-16(24(26,27)28)10-17(25)7-13/h2-3,6-7,9-12H,4-5,8H2,1H3,(H2,29,30,31)/i1D3. The fourth-order valence-electron chi connectivity index (χ4n) is 4.32. The predicted octanol–water partition coefficient (Wildman–Crippen LogP) is 4.51. The topological polar surface area (TPSA) is 77.0 Å². The highest BCUT2D eigenvalue weighted by molar-refractivity contribution is 6.02. The van der Waals surface area contributed by atoms with Crippen LogP contribution in [0.25, 0.3) is 22.2 Å². The Morgan fingerprint density at radius 2 is 2.03 bits per heavy atom. The third kappa shape index (κ3) is 3.74. The molecular formula is C24H19F4N5O. The molecule has 6 nitrogen and oxygen atoms in total. The van der Waals surface area contributed by atoms with Gasteiger partial charge in [0.15, 0.2) is 0 Å². The quantitative estimate of drug-likeness (QED) is 0.445. The van der Waals surface area contributed by atoms with Crippen molar-refractivity contribution in [2.24, 2.45) is 6.98 Å². The van der Waals surface area contributed by atoms with Crippen LogP contribution in [-0.4, -0.2) is 27.0 Å². The van der Waals surface area contributed by atoms with Gasteiger partial charge in [0.25, 0.3) is 0 Å². The molecule has 0 aliphatic carbocycles. The SMILES string of the molecule is [2H]C([2H])([2H])n1cc(-c2ccc3c(c2)CCN3C(=O)Cc2cc(F)cc(C(F)(F)F)c2)c2c(N)ncnc21. The number of aromatic nitrogens is 3. The molecule has 3 heterocycles. The largest absolute Gasteiger partial charge is 0.416 e. The van der Waals surface area contributed by atoms with E-state index in [1.807, 2.05) is 0 Å². The van der Waals surface area contributed by atoms with Gasteiger partial charge < -0.3 is 15.2 Å². The van der Waals surface area contributed by atoms with Gasteiger partial charge in [0.1, 0.15) is 23.6 Å². The van der Waals surface area contributed by atoms with E-state index in [9.17, 15) is 22.4 Å². The minimum atomic E-state index is -4.73. The Hall–Kier alpha value is -3.95. The van der Waals surface area contributed by atoms with Gasteiger partial charge in [-0.1, -0.05) is 6.07 Å². The molecule has 4 aromatic rings. The summed E-state index contributed by atoms with van der Waals surface area (Å²) in [6, 6.07) is 7.26. The van der Waals surface area contributed by atoms with Crippen LogP contribution in [0.5, 0.6) is 0 Å². The molecule has 1 aliphatic heterocycles. The zero-order chi connectivity index (χ0) is 26.7. The molecule has 0 unspecified atom stereocenters. The number of halogens is 4. The highest BCUT2D eigenvalue weighted by atomic mass is 19.4. The molecule has 2 aromatic heterocycles. The third-order valence-corrected chi connectivity index (χ3v) is 5.84. The summed E-state index contributed by atoms with van der Waals surface area (Å²) in [4.78, 5) is 22.5. The molecule has 0 atom stereocenters. The van der Waals surface area contributed by atoms with Crippen LogP contribution in [0.2, 0.25) is 0 Å². The van der Waals surface area contributed by atoms with E-state index in [-0.39, 0.29) is 17.0 Å². The summed E-state index contributed by atoms with van der Waals surface area (Å²) >= 11 is 0. The van der Waals surface area contributed by atoms with Gasteiger partial charge in [0.05, 0.1) is 17.4 Å². The van der Waals surface area contributed by atoms with Crippen LogP contribution in [0, 0.1) is 5.82 Å². The number of hydrogen-bond donors (Lipinski definition) is 1. The van der Waals surface area contributed by atoms with E-state index in [0.717, 1.165) is 22.3 Å². The molecule has 34 heavy (non-hydrogen) atoms. The van der Waals surface area contributed by atoms with Crippen molar-refractivity contribution in [2.45, 2.75) is 19.0 Å². The molecule has 0 saturated carbocycles. The molecule has 174 valence electrons. The number of benzene rings is 2. The van der Waals surface area contributed by atoms with Crippen LogP contribution in [-0.2, 0) is 30.8 Å². The van der Waals surface area contributed by atoms with Gasteiger partial charge in [-0.2, -0.15) is 13.2 Å². The first-order chi connectivity index (χ1) is 17.3. The number of carbonyl (C=O) groups excluding carboxylic acids is 1. The zero-order valence-electron chi connectivity index (χ0n) is 20.5. The molecular weight excluding hydrogens is 450 g/mol. The van der Waals surface area contributed by atoms with E-state index < -0.39 is 36.9 Å². The third-order valence-electron chi connectivity index (χ3n) is 5.84. The lowest BCUT2D eigenvalue weighted by atomic mass is 10.0. The average Bonchev–Trinajstić information content (AvgIpc) is 3.40. The minimum Gasteiger partial charge on any atom is -0.383 e. The number of fused-ring (bicyclic) bond motifs is 2. The maximum atomic E-state index is 13.8. The summed E-state index contributed by atoms with van der Waals surface area (Å²) in [6.45, 7) is -2.21. The first-order valence-corrected chi connectivity index (χ1v) is 10.3. The molecule has 0 radical (unpaired) electrons. The van der Waals surface area contributed by atoms with Gasteiger partial charge in [-0.05, 0) is 53.4 Å². The lowest BCUT2D eigenvalue weighted by Gasteiger charge is -2.18. The van der Waals surface area contributed by atoms with E-state index in [0.29, 0.717) is 41.2 Å². The van der Waals surface area contributed by atoms with Gasteiger partial charge in [0.2, 0.25) is 5.91 Å². The predicted molar refractivity (Wildman–Crippen MR) is 120 cm³/mol. The van der Waals surface area contributed by atoms with E-state index in [2.05, 4.69) is 9.97 Å². The van der Waals surface area contributed by atoms with Gasteiger partial charge in [-0.15, -0.1) is 0 Å². The van der Waals surface area contributed by atoms with Gasteiger partial charge in [-0.3, -0.25) is 4.79 Å². The van der Waals surface area contributed by atoms with Crippen molar-refractivity contribution in [3.05, 3.63) is 71.4 Å². The number of rotatable bonds is 3. The second kappa shape index (κ2) is 7.82. The number of nitrogens with zero attached hydrogens (tertiary/aromatic N) is 4. The molecule has 0 spiro atoms. The molecule has 1 amide bonds. The number of nitrogen functional groups attached to an aromatic ring is 1. The van der Waals surface area contributed by atoms with Crippen LogP contribution in [0.1, 0.15) is 20.8 Å². The van der Waals surface area contributed by atoms with Crippen molar-refractivity contribution in [3.63, 3.8) is 0 Å². The molecule has 1 aliphatic rings. The normalized spacial score (nSPS) is 15.2. The molecule has 5 rings (SSSR count). The minimum absolute atomic E-state index is 0.0738. The monoisotopic (exact) mass is 472 g/mol. The number of aryl methyl sites for hydroxylation is 1. The number of amides is 1. The van der Waals surface area contributed by atoms with Crippen molar-refractivity contribution >= 4 is 28.4 Å². The van der Waals surface area contributed by atoms with Crippen molar-refractivity contribution in [3.8, 4) is 11.1 Å². The summed E-state index contributed by atoms with van der Waals surface area (Å²) in [5.41, 5.74) is 7.49. The summed E-state index contributed by atoms with van der Waals surface area (Å²) in [5.74, 6) is -1.42. The van der Waals surface area contributed by atoms with Crippen molar-refractivity contribution in [1.82, 2.24) is 14.5 Å². The molecule has 10 heteroatoms. The summed E-state index contributed by atoms with van der Waals surface area (Å²) in [7, 11) is 0. The number of anilines is 2. The van der Waals surface area contributed by atoms with Crippen molar-refractivity contribution in [2.75, 3.05) is 17.2 Å². The van der Waals surface area contributed by atoms with Gasteiger partial charge >= 0.3 is 6.18 Å². The van der Waals surface area contributed by atoms with Crippen LogP contribution < -0.4 is 10.6 Å². The fourth-order valence-corrected chi connectivity index (χ4v) is 4.32. The lowest BCUT2D eigenvalue weighted by Crippen LogP contribution is -2.30. The van der Waals surface area contributed by atoms with Crippen LogP contribution in [0.15, 0.2) is 48.9 Å². The Bertz CT molecular complexity index is 1550. The maximum Gasteiger partial charge on any atom is 0.416 e. The fraction of sp³-hybridized carbons (Fsp3) is 0.208. The number of alkyl halides is 3. The highest BCUT2D eigenvalue weighted by Crippen LogP contribution is 2.37. The summed E-state index contributed by atoms with van der Waals surface area (Å²) in [6.07, 6.45) is -2.04. The van der Waals surface area contributed by atoms with Gasteiger partial charge in [-0.25, -0.2) is 14.4 Å². The Balaban J connectivity index is 1.47. The average molecular weight is 472 g/mol. The number of carbonyl (C=O) groups is 1. The molecule has 0 bridgehead atoms. The molecule has 0 saturated heterocycles. The Morgan fingerprint density at radius 1 is 1.21 bits per heavy atom. The highest BCUT2D eigenvalue weighted by Gasteiger charge is 2.32. The Kier molecular flexibility index (Phi) is 4.25. The maximum absolute atomic E-state index is 13.8. The van der Waals surface area contributed by atoms with E-state index in [1.165, 1.54) is 17.4 Å². The molecule has 0 fully saturated rings. The number of hydrogen-bond acceptors (Lipinski definition) is 4. The van der Waals surface area contributed by atoms with E-state index >= 15 is 0 Å². The second-order valence-corrected chi connectivity index (χ2v) is 8.03. The Morgan fingerprint density at radius 3 is 2.79 bits per heavy atom. The molecule has 2 N–H and O–H groups in total. The van der Waals surface area contributed by atoms with Crippen LogP contribution in [0.3, 0.4) is 0 Å². The first-order valence-electron chi connectivity index (χ1n) is 11.8. The summed E-state index contributed by atoms with van der Waals surface area (Å²) < 4.78 is 77.4. The van der Waals surface area contributed by atoms with E-state index in [4.69, 9.17) is 9.85 Å². The Labute approximate surface area is 195 Å². The second-order valence-electron chi connectivity index (χ2n) is 8.03.